The summed E-state index contributed by atoms with van der Waals surface area (Å²) in [6.07, 6.45) is 0. The molecular weight excluding hydrogens is 470 g/mol. The molecule has 33 heavy (non-hydrogen) atoms. The molecule has 0 saturated carbocycles. The maximum absolute atomic E-state index is 15.0. The van der Waals surface area contributed by atoms with E-state index >= 15 is 4.39 Å². The van der Waals surface area contributed by atoms with Gasteiger partial charge in [-0.2, -0.15) is 0 Å². The summed E-state index contributed by atoms with van der Waals surface area (Å²) in [5.74, 6) is -1.54. The molecular formula is C23H23Cl2FN4O3. The minimum Gasteiger partial charge on any atom is -0.492 e. The average Bonchev–Trinajstić information content (AvgIpc) is 2.79. The third-order valence-electron chi connectivity index (χ3n) is 4.60. The van der Waals surface area contributed by atoms with Crippen LogP contribution >= 0.6 is 23.2 Å². The Morgan fingerprint density at radius 3 is 2.52 bits per heavy atom. The van der Waals surface area contributed by atoms with E-state index in [4.69, 9.17) is 32.7 Å². The van der Waals surface area contributed by atoms with Crippen molar-refractivity contribution < 1.29 is 18.7 Å². The number of carbonyl (C=O) groups excluding carboxylic acids is 1. The molecule has 0 amide bonds. The number of methoxy groups -OCH3 is 1. The third kappa shape index (κ3) is 6.10. The van der Waals surface area contributed by atoms with Gasteiger partial charge in [-0.1, -0.05) is 53.5 Å². The first-order valence-electron chi connectivity index (χ1n) is 10.0. The lowest BCUT2D eigenvalue weighted by molar-refractivity contribution is 0.0466. The zero-order valence-corrected chi connectivity index (χ0v) is 19.9. The number of nitrogens with one attached hydrogen (secondary N) is 1. The minimum atomic E-state index is -0.760. The molecule has 174 valence electrons. The van der Waals surface area contributed by atoms with Crippen molar-refractivity contribution >= 4 is 35.0 Å². The van der Waals surface area contributed by atoms with Crippen molar-refractivity contribution in [2.24, 2.45) is 0 Å². The van der Waals surface area contributed by atoms with E-state index in [2.05, 4.69) is 15.3 Å². The van der Waals surface area contributed by atoms with Gasteiger partial charge >= 0.3 is 5.97 Å². The van der Waals surface area contributed by atoms with Crippen molar-refractivity contribution in [3.05, 3.63) is 69.6 Å². The van der Waals surface area contributed by atoms with Gasteiger partial charge in [0.15, 0.2) is 23.1 Å². The second-order valence-electron chi connectivity index (χ2n) is 7.29. The fourth-order valence-corrected chi connectivity index (χ4v) is 3.35. The van der Waals surface area contributed by atoms with Gasteiger partial charge in [0.2, 0.25) is 0 Å². The Kier molecular flexibility index (Phi) is 8.43. The molecule has 3 rings (SSSR count). The van der Waals surface area contributed by atoms with Crippen molar-refractivity contribution in [3.8, 4) is 17.1 Å². The first kappa shape index (κ1) is 24.7. The summed E-state index contributed by atoms with van der Waals surface area (Å²) in [4.78, 5) is 23.4. The molecule has 0 radical (unpaired) electrons. The Balaban J connectivity index is 2.00. The SMILES string of the molecule is COc1c(Cl)ccc(-c2nc(NCCN(C)C)c(Cl)c(C(=O)OCc3ccccc3)n2)c1F. The number of carbonyl (C=O) groups is 1. The Bertz CT molecular complexity index is 1130. The van der Waals surface area contributed by atoms with E-state index in [9.17, 15) is 4.79 Å². The van der Waals surface area contributed by atoms with Crippen LogP contribution < -0.4 is 10.1 Å². The topological polar surface area (TPSA) is 76.6 Å². The fourth-order valence-electron chi connectivity index (χ4n) is 2.90. The maximum Gasteiger partial charge on any atom is 0.359 e. The number of hydrogen-bond acceptors (Lipinski definition) is 7. The van der Waals surface area contributed by atoms with Gasteiger partial charge < -0.3 is 19.7 Å². The van der Waals surface area contributed by atoms with Crippen LogP contribution in [0.2, 0.25) is 10.0 Å². The number of ether oxygens (including phenoxy) is 2. The van der Waals surface area contributed by atoms with Crippen molar-refractivity contribution in [3.63, 3.8) is 0 Å². The number of anilines is 1. The van der Waals surface area contributed by atoms with Crippen LogP contribution in [0.1, 0.15) is 16.1 Å². The van der Waals surface area contributed by atoms with Crippen molar-refractivity contribution in [1.29, 1.82) is 0 Å². The lowest BCUT2D eigenvalue weighted by Crippen LogP contribution is -2.22. The van der Waals surface area contributed by atoms with Gasteiger partial charge in [0.1, 0.15) is 17.4 Å². The predicted molar refractivity (Wildman–Crippen MR) is 127 cm³/mol. The zero-order valence-electron chi connectivity index (χ0n) is 18.4. The molecule has 0 aliphatic carbocycles. The second-order valence-corrected chi connectivity index (χ2v) is 8.08. The highest BCUT2D eigenvalue weighted by Gasteiger charge is 2.24. The highest BCUT2D eigenvalue weighted by molar-refractivity contribution is 6.35. The molecule has 3 aromatic rings. The van der Waals surface area contributed by atoms with E-state index in [0.29, 0.717) is 13.1 Å². The zero-order chi connectivity index (χ0) is 24.0. The van der Waals surface area contributed by atoms with Gasteiger partial charge in [0.05, 0.1) is 17.7 Å². The summed E-state index contributed by atoms with van der Waals surface area (Å²) < 4.78 is 25.5. The number of nitrogens with zero attached hydrogens (tertiary/aromatic N) is 3. The van der Waals surface area contributed by atoms with Crippen molar-refractivity contribution in [2.75, 3.05) is 39.6 Å². The normalized spacial score (nSPS) is 10.9. The Morgan fingerprint density at radius 1 is 1.12 bits per heavy atom. The fraction of sp³-hybridized carbons (Fsp3) is 0.261. The maximum atomic E-state index is 15.0. The summed E-state index contributed by atoms with van der Waals surface area (Å²) in [5.41, 5.74) is 0.619. The Hall–Kier alpha value is -2.94. The summed E-state index contributed by atoms with van der Waals surface area (Å²) in [6.45, 7) is 1.18. The highest BCUT2D eigenvalue weighted by Crippen LogP contribution is 2.35. The molecule has 0 aliphatic rings. The van der Waals surface area contributed by atoms with Crippen LogP contribution in [0.4, 0.5) is 10.2 Å². The van der Waals surface area contributed by atoms with Crippen LogP contribution in [-0.2, 0) is 11.3 Å². The van der Waals surface area contributed by atoms with Crippen LogP contribution in [0.15, 0.2) is 42.5 Å². The standard InChI is InChI=1S/C23H23Cl2FN4O3/c1-30(2)12-11-27-22-17(25)19(23(31)33-13-14-7-5-4-6-8-14)28-21(29-22)15-9-10-16(24)20(32-3)18(15)26/h4-10H,11-13H2,1-3H3,(H,27,28,29). The van der Waals surface area contributed by atoms with Gasteiger partial charge in [0.25, 0.3) is 0 Å². The molecule has 1 aromatic heterocycles. The predicted octanol–water partition coefficient (Wildman–Crippen LogP) is 4.93. The summed E-state index contributed by atoms with van der Waals surface area (Å²) >= 11 is 12.4. The van der Waals surface area contributed by atoms with Crippen LogP contribution in [0.25, 0.3) is 11.4 Å². The smallest absolute Gasteiger partial charge is 0.359 e. The molecule has 2 aromatic carbocycles. The molecule has 0 bridgehead atoms. The second kappa shape index (κ2) is 11.3. The number of likely N-dealkylation sites (N-methyl/N-ethyl adjacent to an activating group) is 1. The van der Waals surface area contributed by atoms with E-state index in [0.717, 1.165) is 5.56 Å². The van der Waals surface area contributed by atoms with Gasteiger partial charge in [-0.15, -0.1) is 0 Å². The number of aromatic nitrogens is 2. The first-order valence-corrected chi connectivity index (χ1v) is 10.8. The third-order valence-corrected chi connectivity index (χ3v) is 5.26. The molecule has 0 fully saturated rings. The van der Waals surface area contributed by atoms with E-state index in [1.165, 1.54) is 19.2 Å². The number of halogens is 3. The van der Waals surface area contributed by atoms with Crippen LogP contribution in [0.3, 0.4) is 0 Å². The summed E-state index contributed by atoms with van der Waals surface area (Å²) in [5, 5.41) is 3.15. The molecule has 7 nitrogen and oxygen atoms in total. The molecule has 0 saturated heterocycles. The minimum absolute atomic E-state index is 0.000635. The summed E-state index contributed by atoms with van der Waals surface area (Å²) in [7, 11) is 5.13. The first-order chi connectivity index (χ1) is 15.8. The Labute approximate surface area is 201 Å². The van der Waals surface area contributed by atoms with Gasteiger partial charge in [-0.3, -0.25) is 0 Å². The molecule has 1 N–H and O–H groups in total. The average molecular weight is 493 g/mol. The van der Waals surface area contributed by atoms with Gasteiger partial charge in [-0.05, 0) is 31.8 Å². The summed E-state index contributed by atoms with van der Waals surface area (Å²) in [6, 6.07) is 12.0. The lowest BCUT2D eigenvalue weighted by Gasteiger charge is -2.15. The van der Waals surface area contributed by atoms with E-state index in [-0.39, 0.29) is 45.3 Å². The van der Waals surface area contributed by atoms with Crippen LogP contribution in [0, 0.1) is 5.82 Å². The molecule has 10 heteroatoms. The van der Waals surface area contributed by atoms with E-state index in [1.807, 2.05) is 49.3 Å². The highest BCUT2D eigenvalue weighted by atomic mass is 35.5. The quantitative estimate of drug-likeness (QED) is 0.424. The van der Waals surface area contributed by atoms with Crippen LogP contribution in [-0.4, -0.2) is 55.1 Å². The number of hydrogen-bond donors (Lipinski definition) is 1. The van der Waals surface area contributed by atoms with E-state index < -0.39 is 11.8 Å². The number of benzene rings is 2. The molecule has 0 unspecified atom stereocenters. The number of rotatable bonds is 9. The van der Waals surface area contributed by atoms with E-state index in [1.54, 1.807) is 0 Å². The molecule has 0 atom stereocenters. The van der Waals surface area contributed by atoms with Crippen LogP contribution in [0.5, 0.6) is 5.75 Å². The van der Waals surface area contributed by atoms with Gasteiger partial charge in [-0.25, -0.2) is 19.2 Å². The monoisotopic (exact) mass is 492 g/mol. The Morgan fingerprint density at radius 2 is 1.85 bits per heavy atom. The van der Waals surface area contributed by atoms with Crippen molar-refractivity contribution in [1.82, 2.24) is 14.9 Å². The molecule has 1 heterocycles. The molecule has 0 spiro atoms. The molecule has 0 aliphatic heterocycles. The van der Waals surface area contributed by atoms with Crippen molar-refractivity contribution in [2.45, 2.75) is 6.61 Å². The largest absolute Gasteiger partial charge is 0.492 e. The van der Waals surface area contributed by atoms with Gasteiger partial charge in [0, 0.05) is 13.1 Å². The lowest BCUT2D eigenvalue weighted by atomic mass is 10.1. The number of esters is 1.